The van der Waals surface area contributed by atoms with Gasteiger partial charge in [0, 0.05) is 6.54 Å². The van der Waals surface area contributed by atoms with Crippen molar-refractivity contribution in [2.24, 2.45) is 0 Å². The quantitative estimate of drug-likeness (QED) is 0.359. The van der Waals surface area contributed by atoms with Gasteiger partial charge in [-0.1, -0.05) is 11.8 Å². The van der Waals surface area contributed by atoms with Crippen LogP contribution < -0.4 is 10.9 Å². The van der Waals surface area contributed by atoms with Crippen LogP contribution >= 0.6 is 11.8 Å². The second-order valence-electron chi connectivity index (χ2n) is 6.24. The number of fused-ring (bicyclic) bond motifs is 1. The van der Waals surface area contributed by atoms with Crippen LogP contribution in [0.25, 0.3) is 10.9 Å². The van der Waals surface area contributed by atoms with E-state index in [4.69, 9.17) is 9.15 Å². The lowest BCUT2D eigenvalue weighted by Crippen LogP contribution is -2.32. The number of methoxy groups -OCH3 is 1. The lowest BCUT2D eigenvalue weighted by molar-refractivity contribution is -0.120. The second kappa shape index (κ2) is 8.95. The van der Waals surface area contributed by atoms with E-state index in [0.29, 0.717) is 33.9 Å². The molecule has 0 aliphatic rings. The first-order chi connectivity index (χ1) is 13.9. The minimum absolute atomic E-state index is 0.153. The van der Waals surface area contributed by atoms with Gasteiger partial charge in [-0.2, -0.15) is 0 Å². The van der Waals surface area contributed by atoms with Gasteiger partial charge in [0.25, 0.3) is 5.56 Å². The molecule has 2 aromatic heterocycles. The third-order valence-corrected chi connectivity index (χ3v) is 5.33. The first-order valence-corrected chi connectivity index (χ1v) is 9.92. The summed E-state index contributed by atoms with van der Waals surface area (Å²) in [7, 11) is 1.29. The van der Waals surface area contributed by atoms with E-state index < -0.39 is 11.2 Å². The fraction of sp³-hybridized carbons (Fsp3) is 0.300. The van der Waals surface area contributed by atoms with Crippen LogP contribution in [0, 0.1) is 0 Å². The Kier molecular flexibility index (Phi) is 6.38. The summed E-state index contributed by atoms with van der Waals surface area (Å²) in [5, 5.41) is 3.01. The van der Waals surface area contributed by atoms with E-state index in [1.807, 2.05) is 6.92 Å². The number of nitrogens with zero attached hydrogens (tertiary/aromatic N) is 2. The zero-order chi connectivity index (χ0) is 21.0. The molecular weight excluding hydrogens is 394 g/mol. The fourth-order valence-electron chi connectivity index (χ4n) is 2.76. The van der Waals surface area contributed by atoms with Crippen molar-refractivity contribution in [3.8, 4) is 0 Å². The maximum Gasteiger partial charge on any atom is 0.337 e. The van der Waals surface area contributed by atoms with Gasteiger partial charge >= 0.3 is 5.97 Å². The largest absolute Gasteiger partial charge is 0.467 e. The lowest BCUT2D eigenvalue weighted by atomic mass is 10.1. The number of esters is 1. The fourth-order valence-corrected chi connectivity index (χ4v) is 3.70. The summed E-state index contributed by atoms with van der Waals surface area (Å²) in [6.07, 6.45) is 1.53. The third-order valence-electron chi connectivity index (χ3n) is 4.24. The number of carbonyl (C=O) groups excluding carboxylic acids is 2. The summed E-state index contributed by atoms with van der Waals surface area (Å²) in [5.41, 5.74) is 0.371. The molecule has 0 radical (unpaired) electrons. The average molecular weight is 415 g/mol. The number of hydrogen-bond donors (Lipinski definition) is 1. The van der Waals surface area contributed by atoms with E-state index in [1.165, 1.54) is 41.8 Å². The molecular formula is C20H21N3O5S. The Balaban J connectivity index is 2.11. The summed E-state index contributed by atoms with van der Waals surface area (Å²) >= 11 is 1.17. The predicted molar refractivity (Wildman–Crippen MR) is 109 cm³/mol. The number of hydrogen-bond acceptors (Lipinski definition) is 7. The van der Waals surface area contributed by atoms with Crippen molar-refractivity contribution in [3.63, 3.8) is 0 Å². The van der Waals surface area contributed by atoms with Crippen molar-refractivity contribution in [2.75, 3.05) is 13.7 Å². The highest BCUT2D eigenvalue weighted by atomic mass is 32.2. The Hall–Kier alpha value is -3.07. The Morgan fingerprint density at radius 2 is 2.14 bits per heavy atom. The number of amides is 1. The highest BCUT2D eigenvalue weighted by Crippen LogP contribution is 2.24. The molecule has 1 N–H and O–H groups in total. The number of rotatable bonds is 7. The van der Waals surface area contributed by atoms with Crippen LogP contribution in [0.3, 0.4) is 0 Å². The molecule has 0 fully saturated rings. The maximum atomic E-state index is 13.2. The molecule has 8 nitrogen and oxygen atoms in total. The van der Waals surface area contributed by atoms with Crippen LogP contribution in [0.1, 0.15) is 30.0 Å². The minimum atomic E-state index is -0.515. The Morgan fingerprint density at radius 3 is 2.79 bits per heavy atom. The molecule has 0 bridgehead atoms. The summed E-state index contributed by atoms with van der Waals surface area (Å²) < 4.78 is 11.6. The lowest BCUT2D eigenvalue weighted by Gasteiger charge is -2.15. The van der Waals surface area contributed by atoms with Crippen molar-refractivity contribution in [3.05, 3.63) is 58.3 Å². The van der Waals surface area contributed by atoms with E-state index in [1.54, 1.807) is 25.1 Å². The van der Waals surface area contributed by atoms with Crippen LogP contribution in [-0.4, -0.2) is 40.3 Å². The highest BCUT2D eigenvalue weighted by molar-refractivity contribution is 8.00. The van der Waals surface area contributed by atoms with Crippen LogP contribution in [0.2, 0.25) is 0 Å². The molecule has 1 aromatic carbocycles. The van der Waals surface area contributed by atoms with Crippen molar-refractivity contribution in [1.82, 2.24) is 14.9 Å². The van der Waals surface area contributed by atoms with Gasteiger partial charge in [-0.3, -0.25) is 14.2 Å². The van der Waals surface area contributed by atoms with Gasteiger partial charge in [-0.25, -0.2) is 9.78 Å². The summed E-state index contributed by atoms with van der Waals surface area (Å²) in [6.45, 7) is 4.27. The number of thioether (sulfide) groups is 1. The second-order valence-corrected chi connectivity index (χ2v) is 7.55. The Bertz CT molecular complexity index is 1090. The molecule has 3 rings (SSSR count). The van der Waals surface area contributed by atoms with Gasteiger partial charge in [-0.05, 0) is 44.2 Å². The number of aromatic nitrogens is 2. The summed E-state index contributed by atoms with van der Waals surface area (Å²) in [5.74, 6) is -0.0787. The topological polar surface area (TPSA) is 103 Å². The third kappa shape index (κ3) is 4.51. The molecule has 0 aliphatic heterocycles. The van der Waals surface area contributed by atoms with Crippen LogP contribution in [0.5, 0.6) is 0 Å². The highest BCUT2D eigenvalue weighted by Gasteiger charge is 2.20. The molecule has 152 valence electrons. The first-order valence-electron chi connectivity index (χ1n) is 9.04. The number of ether oxygens (including phenoxy) is 1. The Morgan fingerprint density at radius 1 is 1.34 bits per heavy atom. The monoisotopic (exact) mass is 415 g/mol. The van der Waals surface area contributed by atoms with Crippen molar-refractivity contribution < 1.29 is 18.7 Å². The number of carbonyl (C=O) groups is 2. The standard InChI is InChI=1S/C20H21N3O5S/c1-4-21-17(24)12(2)29-20-22-16-10-13(19(26)27-3)7-8-15(16)18(25)23(20)11-14-6-5-9-28-14/h5-10,12H,4,11H2,1-3H3,(H,21,24)/t12-/m1/s1. The van der Waals surface area contributed by atoms with E-state index in [-0.39, 0.29) is 18.0 Å². The number of furan rings is 1. The molecule has 0 saturated carbocycles. The molecule has 1 atom stereocenters. The van der Waals surface area contributed by atoms with E-state index in [2.05, 4.69) is 10.3 Å². The molecule has 0 unspecified atom stereocenters. The van der Waals surface area contributed by atoms with E-state index >= 15 is 0 Å². The molecule has 3 aromatic rings. The molecule has 2 heterocycles. The number of benzene rings is 1. The minimum Gasteiger partial charge on any atom is -0.467 e. The van der Waals surface area contributed by atoms with Crippen molar-refractivity contribution in [2.45, 2.75) is 30.8 Å². The van der Waals surface area contributed by atoms with Gasteiger partial charge in [0.15, 0.2) is 5.16 Å². The first kappa shape index (κ1) is 20.7. The molecule has 29 heavy (non-hydrogen) atoms. The van der Waals surface area contributed by atoms with Crippen LogP contribution in [0.4, 0.5) is 0 Å². The van der Waals surface area contributed by atoms with E-state index in [0.717, 1.165) is 0 Å². The zero-order valence-corrected chi connectivity index (χ0v) is 17.1. The maximum absolute atomic E-state index is 13.2. The normalized spacial score (nSPS) is 12.0. The molecule has 0 spiro atoms. The smallest absolute Gasteiger partial charge is 0.337 e. The van der Waals surface area contributed by atoms with Gasteiger partial charge in [0.1, 0.15) is 5.76 Å². The molecule has 0 saturated heterocycles. The van der Waals surface area contributed by atoms with Gasteiger partial charge in [-0.15, -0.1) is 0 Å². The average Bonchev–Trinajstić information content (AvgIpc) is 3.23. The van der Waals surface area contributed by atoms with Gasteiger partial charge < -0.3 is 14.5 Å². The van der Waals surface area contributed by atoms with Gasteiger partial charge in [0.2, 0.25) is 5.91 Å². The summed E-state index contributed by atoms with van der Waals surface area (Å²) in [4.78, 5) is 41.7. The Labute approximate surface area is 171 Å². The number of nitrogens with one attached hydrogen (secondary N) is 1. The molecule has 0 aliphatic carbocycles. The van der Waals surface area contributed by atoms with Crippen LogP contribution in [0.15, 0.2) is 51.0 Å². The summed E-state index contributed by atoms with van der Waals surface area (Å²) in [6, 6.07) is 8.09. The van der Waals surface area contributed by atoms with E-state index in [9.17, 15) is 14.4 Å². The van der Waals surface area contributed by atoms with Crippen molar-refractivity contribution in [1.29, 1.82) is 0 Å². The van der Waals surface area contributed by atoms with Crippen LogP contribution in [-0.2, 0) is 16.1 Å². The zero-order valence-electron chi connectivity index (χ0n) is 16.3. The SMILES string of the molecule is CCNC(=O)[C@@H](C)Sc1nc2cc(C(=O)OC)ccc2c(=O)n1Cc1ccco1. The van der Waals surface area contributed by atoms with Crippen molar-refractivity contribution >= 4 is 34.5 Å². The predicted octanol–water partition coefficient (Wildman–Crippen LogP) is 2.44. The molecule has 1 amide bonds. The molecule has 9 heteroatoms. The van der Waals surface area contributed by atoms with Gasteiger partial charge in [0.05, 0.1) is 41.6 Å².